The number of anilines is 2. The maximum Gasteiger partial charge on any atom is 0.261 e. The lowest BCUT2D eigenvalue weighted by Gasteiger charge is -2.09. The van der Waals surface area contributed by atoms with Gasteiger partial charge < -0.3 is 10.6 Å². The van der Waals surface area contributed by atoms with Crippen LogP contribution in [0.2, 0.25) is 0 Å². The van der Waals surface area contributed by atoms with Crippen molar-refractivity contribution in [3.63, 3.8) is 0 Å². The first kappa shape index (κ1) is 15.1. The van der Waals surface area contributed by atoms with Gasteiger partial charge in [-0.25, -0.2) is 8.78 Å². The van der Waals surface area contributed by atoms with Gasteiger partial charge in [-0.3, -0.25) is 9.59 Å². The van der Waals surface area contributed by atoms with Gasteiger partial charge in [0.05, 0.1) is 0 Å². The Bertz CT molecular complexity index is 735. The number of benzene rings is 2. The van der Waals surface area contributed by atoms with E-state index < -0.39 is 23.1 Å². The quantitative estimate of drug-likeness (QED) is 0.906. The first-order chi connectivity index (χ1) is 11.0. The highest BCUT2D eigenvalue weighted by molar-refractivity contribution is 6.04. The van der Waals surface area contributed by atoms with Crippen molar-refractivity contribution < 1.29 is 18.4 Å². The predicted octanol–water partition coefficient (Wildman–Crippen LogP) is 3.57. The fourth-order valence-corrected chi connectivity index (χ4v) is 2.14. The van der Waals surface area contributed by atoms with E-state index in [9.17, 15) is 18.4 Å². The average molecular weight is 316 g/mol. The molecule has 4 nitrogen and oxygen atoms in total. The molecule has 0 spiro atoms. The molecule has 2 N–H and O–H groups in total. The highest BCUT2D eigenvalue weighted by atomic mass is 19.1. The van der Waals surface area contributed by atoms with Crippen molar-refractivity contribution in [2.45, 2.75) is 12.8 Å². The summed E-state index contributed by atoms with van der Waals surface area (Å²) in [5.74, 6) is -2.63. The summed E-state index contributed by atoms with van der Waals surface area (Å²) in [4.78, 5) is 23.6. The van der Waals surface area contributed by atoms with Crippen LogP contribution in [0.1, 0.15) is 23.2 Å². The molecule has 1 aliphatic carbocycles. The maximum absolute atomic E-state index is 13.5. The SMILES string of the molecule is O=C(Nc1ccc(NC(=O)C2CC2)cc1)c1c(F)cccc1F. The van der Waals surface area contributed by atoms with Crippen LogP contribution in [0.25, 0.3) is 0 Å². The molecule has 2 aromatic rings. The first-order valence-corrected chi connectivity index (χ1v) is 7.21. The molecule has 1 fully saturated rings. The van der Waals surface area contributed by atoms with Gasteiger partial charge in [-0.1, -0.05) is 6.07 Å². The summed E-state index contributed by atoms with van der Waals surface area (Å²) in [6.45, 7) is 0. The maximum atomic E-state index is 13.5. The number of nitrogens with one attached hydrogen (secondary N) is 2. The Morgan fingerprint density at radius 3 is 1.91 bits per heavy atom. The number of rotatable bonds is 4. The van der Waals surface area contributed by atoms with Crippen LogP contribution >= 0.6 is 0 Å². The van der Waals surface area contributed by atoms with Gasteiger partial charge in [-0.05, 0) is 49.2 Å². The van der Waals surface area contributed by atoms with Crippen LogP contribution in [0.3, 0.4) is 0 Å². The second kappa shape index (κ2) is 6.16. The lowest BCUT2D eigenvalue weighted by molar-refractivity contribution is -0.117. The number of carbonyl (C=O) groups excluding carboxylic acids is 2. The summed E-state index contributed by atoms with van der Waals surface area (Å²) in [7, 11) is 0. The van der Waals surface area contributed by atoms with Gasteiger partial charge in [0.2, 0.25) is 5.91 Å². The lowest BCUT2D eigenvalue weighted by Crippen LogP contribution is -2.16. The van der Waals surface area contributed by atoms with E-state index >= 15 is 0 Å². The van der Waals surface area contributed by atoms with Crippen LogP contribution < -0.4 is 10.6 Å². The summed E-state index contributed by atoms with van der Waals surface area (Å²) in [6, 6.07) is 9.58. The molecule has 1 aliphatic rings. The molecule has 23 heavy (non-hydrogen) atoms. The molecule has 0 aliphatic heterocycles. The first-order valence-electron chi connectivity index (χ1n) is 7.21. The van der Waals surface area contributed by atoms with Crippen LogP contribution in [0, 0.1) is 17.6 Å². The molecule has 2 amide bonds. The fraction of sp³-hybridized carbons (Fsp3) is 0.176. The van der Waals surface area contributed by atoms with E-state index in [1.54, 1.807) is 24.3 Å². The summed E-state index contributed by atoms with van der Waals surface area (Å²) < 4.78 is 27.1. The summed E-state index contributed by atoms with van der Waals surface area (Å²) in [6.07, 6.45) is 1.82. The molecule has 0 saturated heterocycles. The highest BCUT2D eigenvalue weighted by Crippen LogP contribution is 2.30. The average Bonchev–Trinajstić information content (AvgIpc) is 3.34. The third kappa shape index (κ3) is 3.53. The van der Waals surface area contributed by atoms with Gasteiger partial charge >= 0.3 is 0 Å². The number of amides is 2. The van der Waals surface area contributed by atoms with Crippen LogP contribution in [0.5, 0.6) is 0 Å². The standard InChI is InChI=1S/C17H14F2N2O2/c18-13-2-1-3-14(19)15(13)17(23)21-12-8-6-11(7-9-12)20-16(22)10-4-5-10/h1-3,6-10H,4-5H2,(H,20,22)(H,21,23). The van der Waals surface area contributed by atoms with Crippen molar-refractivity contribution in [1.29, 1.82) is 0 Å². The molecule has 0 bridgehead atoms. The molecule has 0 atom stereocenters. The van der Waals surface area contributed by atoms with E-state index in [0.717, 1.165) is 25.0 Å². The minimum absolute atomic E-state index is 0.0183. The zero-order valence-corrected chi connectivity index (χ0v) is 12.1. The van der Waals surface area contributed by atoms with E-state index in [1.165, 1.54) is 6.07 Å². The molecule has 6 heteroatoms. The normalized spacial score (nSPS) is 13.5. The summed E-state index contributed by atoms with van der Waals surface area (Å²) in [5.41, 5.74) is 0.359. The van der Waals surface area contributed by atoms with Crippen molar-refractivity contribution in [1.82, 2.24) is 0 Å². The Labute approximate surface area is 131 Å². The molecule has 118 valence electrons. The Kier molecular flexibility index (Phi) is 4.06. The third-order valence-electron chi connectivity index (χ3n) is 3.55. The van der Waals surface area contributed by atoms with Crippen molar-refractivity contribution in [3.8, 4) is 0 Å². The van der Waals surface area contributed by atoms with Crippen LogP contribution in [0.15, 0.2) is 42.5 Å². The third-order valence-corrected chi connectivity index (χ3v) is 3.55. The molecule has 3 rings (SSSR count). The van der Waals surface area contributed by atoms with Gasteiger partial charge in [0.25, 0.3) is 5.91 Å². The number of hydrogen-bond acceptors (Lipinski definition) is 2. The zero-order chi connectivity index (χ0) is 16.4. The number of halogens is 2. The lowest BCUT2D eigenvalue weighted by atomic mass is 10.1. The van der Waals surface area contributed by atoms with Crippen molar-refractivity contribution in [3.05, 3.63) is 59.7 Å². The minimum Gasteiger partial charge on any atom is -0.326 e. The topological polar surface area (TPSA) is 58.2 Å². The van der Waals surface area contributed by atoms with Crippen LogP contribution in [-0.2, 0) is 4.79 Å². The summed E-state index contributed by atoms with van der Waals surface area (Å²) >= 11 is 0. The molecule has 0 unspecified atom stereocenters. The largest absolute Gasteiger partial charge is 0.326 e. The van der Waals surface area contributed by atoms with E-state index in [1.807, 2.05) is 0 Å². The van der Waals surface area contributed by atoms with Crippen LogP contribution in [0.4, 0.5) is 20.2 Å². The highest BCUT2D eigenvalue weighted by Gasteiger charge is 2.29. The van der Waals surface area contributed by atoms with Crippen molar-refractivity contribution >= 4 is 23.2 Å². The molecule has 0 aromatic heterocycles. The van der Waals surface area contributed by atoms with Crippen molar-refractivity contribution in [2.24, 2.45) is 5.92 Å². The van der Waals surface area contributed by atoms with E-state index in [4.69, 9.17) is 0 Å². The smallest absolute Gasteiger partial charge is 0.261 e. The minimum atomic E-state index is -0.921. The fourth-order valence-electron chi connectivity index (χ4n) is 2.14. The van der Waals surface area contributed by atoms with Crippen LogP contribution in [-0.4, -0.2) is 11.8 Å². The molecule has 2 aromatic carbocycles. The Hall–Kier alpha value is -2.76. The van der Waals surface area contributed by atoms with Gasteiger partial charge in [0.1, 0.15) is 17.2 Å². The van der Waals surface area contributed by atoms with Gasteiger partial charge in [0.15, 0.2) is 0 Å². The Balaban J connectivity index is 1.68. The molecule has 0 heterocycles. The van der Waals surface area contributed by atoms with Crippen molar-refractivity contribution in [2.75, 3.05) is 10.6 Å². The van der Waals surface area contributed by atoms with E-state index in [-0.39, 0.29) is 11.8 Å². The van der Waals surface area contributed by atoms with E-state index in [2.05, 4.69) is 10.6 Å². The van der Waals surface area contributed by atoms with Gasteiger partial charge in [-0.15, -0.1) is 0 Å². The second-order valence-corrected chi connectivity index (χ2v) is 5.39. The van der Waals surface area contributed by atoms with E-state index in [0.29, 0.717) is 11.4 Å². The molecule has 1 saturated carbocycles. The summed E-state index contributed by atoms with van der Waals surface area (Å²) in [5, 5.41) is 5.19. The molecular formula is C17H14F2N2O2. The number of hydrogen-bond donors (Lipinski definition) is 2. The molecule has 0 radical (unpaired) electrons. The molecular weight excluding hydrogens is 302 g/mol. The second-order valence-electron chi connectivity index (χ2n) is 5.39. The Morgan fingerprint density at radius 2 is 1.39 bits per heavy atom. The predicted molar refractivity (Wildman–Crippen MR) is 82.1 cm³/mol. The Morgan fingerprint density at radius 1 is 0.870 bits per heavy atom. The van der Waals surface area contributed by atoms with Gasteiger partial charge in [0, 0.05) is 17.3 Å². The zero-order valence-electron chi connectivity index (χ0n) is 12.1. The number of carbonyl (C=O) groups is 2. The van der Waals surface area contributed by atoms with Gasteiger partial charge in [-0.2, -0.15) is 0 Å². The monoisotopic (exact) mass is 316 g/mol.